The molecule has 0 saturated carbocycles. The van der Waals surface area contributed by atoms with Crippen LogP contribution >= 0.6 is 0 Å². The predicted molar refractivity (Wildman–Crippen MR) is 99.9 cm³/mol. The third-order valence-corrected chi connectivity index (χ3v) is 4.75. The van der Waals surface area contributed by atoms with Crippen molar-refractivity contribution in [3.63, 3.8) is 0 Å². The maximum Gasteiger partial charge on any atom is 0.307 e. The first-order chi connectivity index (χ1) is 13.4. The molecule has 0 heterocycles. The van der Waals surface area contributed by atoms with Crippen molar-refractivity contribution < 1.29 is 39.8 Å². The van der Waals surface area contributed by atoms with Crippen LogP contribution in [0.5, 0.6) is 23.0 Å². The summed E-state index contributed by atoms with van der Waals surface area (Å²) >= 11 is 0. The third-order valence-electron chi connectivity index (χ3n) is 4.75. The Morgan fingerprint density at radius 3 is 1.64 bits per heavy atom. The summed E-state index contributed by atoms with van der Waals surface area (Å²) in [4.78, 5) is 12.1. The molecule has 1 atom stereocenters. The lowest BCUT2D eigenvalue weighted by Crippen LogP contribution is -2.34. The van der Waals surface area contributed by atoms with Crippen LogP contribution in [0.15, 0.2) is 36.4 Å². The number of aliphatic carboxylic acids is 1. The Labute approximate surface area is 162 Å². The smallest absolute Gasteiger partial charge is 0.307 e. The Kier molecular flexibility index (Phi) is 7.08. The number of phenolic OH excluding ortho intramolecular Hbond substituents is 2. The molecule has 8 heteroatoms. The fourth-order valence-electron chi connectivity index (χ4n) is 3.28. The van der Waals surface area contributed by atoms with E-state index < -0.39 is 36.9 Å². The third kappa shape index (κ3) is 4.29. The molecular weight excluding hydrogens is 368 g/mol. The van der Waals surface area contributed by atoms with Crippen molar-refractivity contribution >= 4 is 5.97 Å². The van der Waals surface area contributed by atoms with E-state index in [1.54, 1.807) is 12.1 Å². The molecule has 1 unspecified atom stereocenters. The Balaban J connectivity index is 2.72. The van der Waals surface area contributed by atoms with Gasteiger partial charge in [0.15, 0.2) is 23.0 Å². The van der Waals surface area contributed by atoms with Gasteiger partial charge in [-0.2, -0.15) is 0 Å². The van der Waals surface area contributed by atoms with E-state index in [1.807, 2.05) is 0 Å². The zero-order valence-corrected chi connectivity index (χ0v) is 15.6. The van der Waals surface area contributed by atoms with E-state index in [0.29, 0.717) is 11.1 Å². The SMILES string of the molecule is COc1cc(C(c2ccc(O)c(OC)c2)C(C(=O)O)C(CO)CO)ccc1O. The van der Waals surface area contributed by atoms with E-state index in [4.69, 9.17) is 9.47 Å². The van der Waals surface area contributed by atoms with Crippen LogP contribution in [-0.4, -0.2) is 58.9 Å². The number of phenols is 2. The molecule has 0 fully saturated rings. The van der Waals surface area contributed by atoms with Gasteiger partial charge in [-0.15, -0.1) is 0 Å². The minimum absolute atomic E-state index is 0.110. The van der Waals surface area contributed by atoms with Gasteiger partial charge in [-0.25, -0.2) is 0 Å². The number of rotatable bonds is 9. The largest absolute Gasteiger partial charge is 0.504 e. The fraction of sp³-hybridized carbons (Fsp3) is 0.350. The lowest BCUT2D eigenvalue weighted by Gasteiger charge is -2.30. The van der Waals surface area contributed by atoms with Crippen LogP contribution in [0.2, 0.25) is 0 Å². The van der Waals surface area contributed by atoms with Crippen LogP contribution in [0.1, 0.15) is 17.0 Å². The van der Waals surface area contributed by atoms with Gasteiger partial charge in [-0.05, 0) is 35.4 Å². The monoisotopic (exact) mass is 392 g/mol. The first-order valence-electron chi connectivity index (χ1n) is 8.56. The van der Waals surface area contributed by atoms with Crippen LogP contribution < -0.4 is 9.47 Å². The van der Waals surface area contributed by atoms with Crippen molar-refractivity contribution in [1.82, 2.24) is 0 Å². The highest BCUT2D eigenvalue weighted by atomic mass is 16.5. The molecule has 2 aromatic rings. The van der Waals surface area contributed by atoms with E-state index in [1.165, 1.54) is 38.5 Å². The molecule has 28 heavy (non-hydrogen) atoms. The van der Waals surface area contributed by atoms with Crippen LogP contribution in [0.3, 0.4) is 0 Å². The predicted octanol–water partition coefficient (Wildman–Crippen LogP) is 1.55. The molecule has 0 saturated heterocycles. The minimum atomic E-state index is -1.21. The first kappa shape index (κ1) is 21.3. The van der Waals surface area contributed by atoms with Crippen molar-refractivity contribution in [3.8, 4) is 23.0 Å². The summed E-state index contributed by atoms with van der Waals surface area (Å²) in [5, 5.41) is 48.9. The summed E-state index contributed by atoms with van der Waals surface area (Å²) in [6.45, 7) is -1.07. The second-order valence-electron chi connectivity index (χ2n) is 6.33. The van der Waals surface area contributed by atoms with Gasteiger partial charge in [-0.1, -0.05) is 12.1 Å². The molecule has 0 radical (unpaired) electrons. The number of carboxylic acids is 1. The number of carbonyl (C=O) groups is 1. The fourth-order valence-corrected chi connectivity index (χ4v) is 3.28. The second-order valence-corrected chi connectivity index (χ2v) is 6.33. The summed E-state index contributed by atoms with van der Waals surface area (Å²) in [7, 11) is 2.74. The number of methoxy groups -OCH3 is 2. The highest BCUT2D eigenvalue weighted by Crippen LogP contribution is 2.42. The lowest BCUT2D eigenvalue weighted by atomic mass is 9.74. The number of hydrogen-bond donors (Lipinski definition) is 5. The molecule has 0 spiro atoms. The average Bonchev–Trinajstić information content (AvgIpc) is 2.69. The molecule has 2 rings (SSSR count). The van der Waals surface area contributed by atoms with Crippen LogP contribution in [0.4, 0.5) is 0 Å². The summed E-state index contributed by atoms with van der Waals surface area (Å²) in [5.74, 6) is -4.09. The van der Waals surface area contributed by atoms with Gasteiger partial charge in [0, 0.05) is 25.0 Å². The molecule has 0 aliphatic rings. The molecular formula is C20H24O8. The Bertz CT molecular complexity index is 762. The van der Waals surface area contributed by atoms with Crippen LogP contribution in [0, 0.1) is 11.8 Å². The number of aliphatic hydroxyl groups excluding tert-OH is 2. The molecule has 2 aromatic carbocycles. The zero-order chi connectivity index (χ0) is 20.8. The van der Waals surface area contributed by atoms with Crippen molar-refractivity contribution in [2.75, 3.05) is 27.4 Å². The molecule has 5 N–H and O–H groups in total. The Hall–Kier alpha value is -2.97. The van der Waals surface area contributed by atoms with Crippen LogP contribution in [-0.2, 0) is 4.79 Å². The Morgan fingerprint density at radius 1 is 0.893 bits per heavy atom. The number of benzene rings is 2. The van der Waals surface area contributed by atoms with Crippen molar-refractivity contribution in [2.45, 2.75) is 5.92 Å². The van der Waals surface area contributed by atoms with Crippen molar-refractivity contribution in [1.29, 1.82) is 0 Å². The number of aromatic hydroxyl groups is 2. The highest BCUT2D eigenvalue weighted by molar-refractivity contribution is 5.73. The van der Waals surface area contributed by atoms with Crippen LogP contribution in [0.25, 0.3) is 0 Å². The summed E-state index contributed by atoms with van der Waals surface area (Å²) in [6, 6.07) is 8.85. The molecule has 8 nitrogen and oxygen atoms in total. The molecule has 0 aromatic heterocycles. The number of carboxylic acid groups (broad SMARTS) is 1. The van der Waals surface area contributed by atoms with E-state index in [2.05, 4.69) is 0 Å². The molecule has 0 amide bonds. The zero-order valence-electron chi connectivity index (χ0n) is 15.6. The Morgan fingerprint density at radius 2 is 1.32 bits per heavy atom. The quantitative estimate of drug-likeness (QED) is 0.434. The number of hydrogen-bond acceptors (Lipinski definition) is 7. The highest BCUT2D eigenvalue weighted by Gasteiger charge is 2.37. The van der Waals surface area contributed by atoms with E-state index >= 15 is 0 Å². The maximum atomic E-state index is 12.1. The van der Waals surface area contributed by atoms with Gasteiger partial charge in [-0.3, -0.25) is 4.79 Å². The number of ether oxygens (including phenoxy) is 2. The topological polar surface area (TPSA) is 137 Å². The van der Waals surface area contributed by atoms with Gasteiger partial charge in [0.25, 0.3) is 0 Å². The average molecular weight is 392 g/mol. The molecule has 0 aliphatic heterocycles. The van der Waals surface area contributed by atoms with E-state index in [-0.39, 0.29) is 23.0 Å². The summed E-state index contributed by atoms with van der Waals surface area (Å²) in [5.41, 5.74) is 0.975. The van der Waals surface area contributed by atoms with Gasteiger partial charge < -0.3 is 35.0 Å². The standard InChI is InChI=1S/C20H24O8/c1-27-16-7-11(3-5-14(16)23)18(19(20(25)26)13(9-21)10-22)12-4-6-15(24)17(8-12)28-2/h3-8,13,18-19,21-24H,9-10H2,1-2H3,(H,25,26). The first-order valence-corrected chi connectivity index (χ1v) is 8.56. The van der Waals surface area contributed by atoms with Gasteiger partial charge >= 0.3 is 5.97 Å². The number of aliphatic hydroxyl groups is 2. The molecule has 0 bridgehead atoms. The molecule has 152 valence electrons. The lowest BCUT2D eigenvalue weighted by molar-refractivity contribution is -0.145. The summed E-state index contributed by atoms with van der Waals surface area (Å²) < 4.78 is 10.3. The van der Waals surface area contributed by atoms with E-state index in [9.17, 15) is 30.3 Å². The van der Waals surface area contributed by atoms with Gasteiger partial charge in [0.2, 0.25) is 0 Å². The minimum Gasteiger partial charge on any atom is -0.504 e. The normalized spacial score (nSPS) is 12.2. The second kappa shape index (κ2) is 9.29. The molecule has 0 aliphatic carbocycles. The van der Waals surface area contributed by atoms with Gasteiger partial charge in [0.05, 0.1) is 20.1 Å². The maximum absolute atomic E-state index is 12.1. The van der Waals surface area contributed by atoms with Crippen molar-refractivity contribution in [3.05, 3.63) is 47.5 Å². The van der Waals surface area contributed by atoms with Crippen molar-refractivity contribution in [2.24, 2.45) is 11.8 Å². The van der Waals surface area contributed by atoms with Gasteiger partial charge in [0.1, 0.15) is 0 Å². The summed E-state index contributed by atoms with van der Waals surface area (Å²) in [6.07, 6.45) is 0. The van der Waals surface area contributed by atoms with E-state index in [0.717, 1.165) is 0 Å².